The van der Waals surface area contributed by atoms with Crippen LogP contribution in [0.5, 0.6) is 0 Å². The monoisotopic (exact) mass is 114 g/mol. The third-order valence-corrected chi connectivity index (χ3v) is 1.36. The van der Waals surface area contributed by atoms with E-state index in [-0.39, 0.29) is 0 Å². The van der Waals surface area contributed by atoms with Gasteiger partial charge < -0.3 is 0 Å². The van der Waals surface area contributed by atoms with Crippen molar-refractivity contribution in [2.45, 2.75) is 33.7 Å². The van der Waals surface area contributed by atoms with Crippen molar-refractivity contribution in [3.63, 3.8) is 0 Å². The molecule has 0 aromatic rings. The lowest BCUT2D eigenvalue weighted by Crippen LogP contribution is -2.19. The van der Waals surface area contributed by atoms with Gasteiger partial charge in [0, 0.05) is 6.92 Å². The molecule has 0 atom stereocenters. The Kier molecular flexibility index (Phi) is 3.49. The zero-order chi connectivity index (χ0) is 6.57. The van der Waals surface area contributed by atoms with Gasteiger partial charge in [0.1, 0.15) is 18.8 Å². The number of hydrogen-bond acceptors (Lipinski definition) is 0. The molecule has 48 valence electrons. The summed E-state index contributed by atoms with van der Waals surface area (Å²) in [5.41, 5.74) is 0. The quantitative estimate of drug-likeness (QED) is 0.378. The lowest BCUT2D eigenvalue weighted by molar-refractivity contribution is -0.551. The van der Waals surface area contributed by atoms with Gasteiger partial charge in [-0.05, 0) is 20.8 Å². The van der Waals surface area contributed by atoms with Crippen LogP contribution in [0.25, 0.3) is 0 Å². The standard InChI is InChI=1S/C7H16N/c1-5-8(6-2)7(3)4/h5,7H,6H2,1-4H3/q+1. The highest BCUT2D eigenvalue weighted by Crippen LogP contribution is 1.84. The molecular formula is C7H16N+. The van der Waals surface area contributed by atoms with Crippen LogP contribution in [0.3, 0.4) is 0 Å². The molecule has 0 N–H and O–H groups in total. The topological polar surface area (TPSA) is 3.01 Å². The van der Waals surface area contributed by atoms with Crippen molar-refractivity contribution >= 4 is 6.21 Å². The fraction of sp³-hybridized carbons (Fsp3) is 0.857. The molecule has 0 radical (unpaired) electrons. The first kappa shape index (κ1) is 7.67. The van der Waals surface area contributed by atoms with Crippen LogP contribution in [0.15, 0.2) is 0 Å². The Hall–Kier alpha value is -0.330. The predicted molar refractivity (Wildman–Crippen MR) is 37.7 cm³/mol. The highest BCUT2D eigenvalue weighted by atomic mass is 15.0. The van der Waals surface area contributed by atoms with Gasteiger partial charge in [0.2, 0.25) is 0 Å². The molecule has 0 saturated carbocycles. The molecule has 0 unspecified atom stereocenters. The van der Waals surface area contributed by atoms with Crippen molar-refractivity contribution in [1.82, 2.24) is 0 Å². The van der Waals surface area contributed by atoms with Crippen molar-refractivity contribution in [2.24, 2.45) is 0 Å². The second kappa shape index (κ2) is 3.65. The summed E-state index contributed by atoms with van der Waals surface area (Å²) in [6, 6.07) is 0.657. The van der Waals surface area contributed by atoms with Crippen LogP contribution in [0.2, 0.25) is 0 Å². The maximum Gasteiger partial charge on any atom is 0.146 e. The zero-order valence-corrected chi connectivity index (χ0v) is 6.31. The molecular weight excluding hydrogens is 98.1 g/mol. The van der Waals surface area contributed by atoms with Crippen molar-refractivity contribution in [3.05, 3.63) is 0 Å². The van der Waals surface area contributed by atoms with Crippen LogP contribution in [-0.4, -0.2) is 23.4 Å². The van der Waals surface area contributed by atoms with E-state index in [4.69, 9.17) is 0 Å². The maximum absolute atomic E-state index is 2.29. The number of nitrogens with zero attached hydrogens (tertiary/aromatic N) is 1. The summed E-state index contributed by atoms with van der Waals surface area (Å²) in [6.07, 6.45) is 2.13. The van der Waals surface area contributed by atoms with Gasteiger partial charge in [-0.15, -0.1) is 0 Å². The van der Waals surface area contributed by atoms with Crippen LogP contribution in [0.1, 0.15) is 27.7 Å². The van der Waals surface area contributed by atoms with E-state index < -0.39 is 0 Å². The van der Waals surface area contributed by atoms with Crippen LogP contribution in [-0.2, 0) is 0 Å². The van der Waals surface area contributed by atoms with Gasteiger partial charge in [-0.1, -0.05) is 0 Å². The first-order valence-corrected chi connectivity index (χ1v) is 3.27. The average molecular weight is 114 g/mol. The third-order valence-electron chi connectivity index (χ3n) is 1.36. The maximum atomic E-state index is 2.29. The van der Waals surface area contributed by atoms with Gasteiger partial charge in [-0.3, -0.25) is 0 Å². The summed E-state index contributed by atoms with van der Waals surface area (Å²) in [4.78, 5) is 0. The summed E-state index contributed by atoms with van der Waals surface area (Å²) in [6.45, 7) is 9.75. The molecule has 0 fully saturated rings. The number of hydrogen-bond donors (Lipinski definition) is 0. The molecule has 0 amide bonds. The lowest BCUT2D eigenvalue weighted by atomic mass is 10.4. The molecule has 0 spiro atoms. The van der Waals surface area contributed by atoms with Crippen molar-refractivity contribution in [2.75, 3.05) is 6.54 Å². The average Bonchev–Trinajstić information content (AvgIpc) is 1.69. The highest BCUT2D eigenvalue weighted by molar-refractivity contribution is 5.46. The van der Waals surface area contributed by atoms with Crippen molar-refractivity contribution in [3.8, 4) is 0 Å². The Bertz CT molecular complexity index is 82.4. The first-order chi connectivity index (χ1) is 3.72. The molecule has 0 rings (SSSR count). The van der Waals surface area contributed by atoms with E-state index in [0.717, 1.165) is 6.54 Å². The molecule has 0 aliphatic heterocycles. The molecule has 0 saturated heterocycles. The Balaban J connectivity index is 3.72. The Labute approximate surface area is 52.0 Å². The van der Waals surface area contributed by atoms with E-state index >= 15 is 0 Å². The van der Waals surface area contributed by atoms with E-state index in [1.54, 1.807) is 0 Å². The third kappa shape index (κ3) is 2.10. The normalized spacial score (nSPS) is 12.9. The summed E-state index contributed by atoms with van der Waals surface area (Å²) in [7, 11) is 0. The molecule has 0 aromatic carbocycles. The molecule has 0 aromatic heterocycles. The summed E-state index contributed by atoms with van der Waals surface area (Å²) in [5, 5.41) is 0. The Morgan fingerprint density at radius 2 is 2.00 bits per heavy atom. The molecule has 0 bridgehead atoms. The number of rotatable bonds is 2. The van der Waals surface area contributed by atoms with Crippen LogP contribution in [0, 0.1) is 0 Å². The minimum absolute atomic E-state index is 0.657. The van der Waals surface area contributed by atoms with Gasteiger partial charge >= 0.3 is 0 Å². The Morgan fingerprint density at radius 3 is 2.00 bits per heavy atom. The molecule has 1 nitrogen and oxygen atoms in total. The first-order valence-electron chi connectivity index (χ1n) is 3.27. The molecule has 0 heterocycles. The van der Waals surface area contributed by atoms with Gasteiger partial charge in [0.15, 0.2) is 0 Å². The second-order valence-corrected chi connectivity index (χ2v) is 2.18. The van der Waals surface area contributed by atoms with Gasteiger partial charge in [0.25, 0.3) is 0 Å². The Morgan fingerprint density at radius 1 is 1.50 bits per heavy atom. The fourth-order valence-electron chi connectivity index (χ4n) is 0.846. The zero-order valence-electron chi connectivity index (χ0n) is 6.31. The summed E-state index contributed by atoms with van der Waals surface area (Å²) in [5.74, 6) is 0. The van der Waals surface area contributed by atoms with Crippen molar-refractivity contribution < 1.29 is 4.58 Å². The minimum atomic E-state index is 0.657. The van der Waals surface area contributed by atoms with Crippen LogP contribution < -0.4 is 0 Å². The highest BCUT2D eigenvalue weighted by Gasteiger charge is 2.01. The van der Waals surface area contributed by atoms with E-state index in [1.165, 1.54) is 0 Å². The molecule has 0 aliphatic carbocycles. The smallest absolute Gasteiger partial charge is 0.146 e. The fourth-order valence-corrected chi connectivity index (χ4v) is 0.846. The predicted octanol–water partition coefficient (Wildman–Crippen LogP) is 1.52. The van der Waals surface area contributed by atoms with Gasteiger partial charge in [-0.25, -0.2) is 4.58 Å². The van der Waals surface area contributed by atoms with E-state index in [2.05, 4.69) is 38.5 Å². The molecule has 8 heavy (non-hydrogen) atoms. The lowest BCUT2D eigenvalue weighted by Gasteiger charge is -2.01. The van der Waals surface area contributed by atoms with E-state index in [1.807, 2.05) is 0 Å². The minimum Gasteiger partial charge on any atom is -0.238 e. The summed E-state index contributed by atoms with van der Waals surface area (Å²) >= 11 is 0. The van der Waals surface area contributed by atoms with E-state index in [9.17, 15) is 0 Å². The SMILES string of the molecule is CC=[N+](CC)C(C)C. The molecule has 0 aliphatic rings. The van der Waals surface area contributed by atoms with Crippen LogP contribution >= 0.6 is 0 Å². The second-order valence-electron chi connectivity index (χ2n) is 2.18. The van der Waals surface area contributed by atoms with Gasteiger partial charge in [-0.2, -0.15) is 0 Å². The molecule has 1 heteroatoms. The van der Waals surface area contributed by atoms with Crippen molar-refractivity contribution in [1.29, 1.82) is 0 Å². The largest absolute Gasteiger partial charge is 0.238 e. The van der Waals surface area contributed by atoms with Crippen LogP contribution in [0.4, 0.5) is 0 Å². The van der Waals surface area contributed by atoms with Gasteiger partial charge in [0.05, 0.1) is 0 Å². The summed E-state index contributed by atoms with van der Waals surface area (Å²) < 4.78 is 2.29. The van der Waals surface area contributed by atoms with E-state index in [0.29, 0.717) is 6.04 Å².